The molecule has 11 heteroatoms. The predicted molar refractivity (Wildman–Crippen MR) is 156 cm³/mol. The van der Waals surface area contributed by atoms with Gasteiger partial charge in [0, 0.05) is 12.8 Å². The van der Waals surface area contributed by atoms with Crippen LogP contribution in [0.4, 0.5) is 18.0 Å². The summed E-state index contributed by atoms with van der Waals surface area (Å²) in [4.78, 5) is 21.3. The van der Waals surface area contributed by atoms with Crippen molar-refractivity contribution in [3.05, 3.63) is 59.7 Å². The number of aryl methyl sites for hydroxylation is 2. The number of amides is 1. The molecule has 1 aliphatic heterocycles. The van der Waals surface area contributed by atoms with Crippen LogP contribution in [-0.2, 0) is 22.4 Å². The Morgan fingerprint density at radius 3 is 1.70 bits per heavy atom. The van der Waals surface area contributed by atoms with E-state index in [2.05, 4.69) is 29.6 Å². The number of aliphatic carboxylic acids is 1. The number of hydrogen-bond donors (Lipinski definition) is 1. The number of hydrogen-bond acceptors (Lipinski definition) is 6. The second-order valence-electron chi connectivity index (χ2n) is 11.9. The summed E-state index contributed by atoms with van der Waals surface area (Å²) in [6, 6.07) is 17.0. The Kier molecular flexibility index (Phi) is 13.6. The average molecular weight is 611 g/mol. The van der Waals surface area contributed by atoms with Crippen LogP contribution in [0, 0.1) is 0 Å². The lowest BCUT2D eigenvalue weighted by Gasteiger charge is -2.45. The maximum Gasteiger partial charge on any atom is 0.430 e. The largest absolute Gasteiger partial charge is 0.542 e. The number of quaternary nitrogens is 1. The zero-order valence-electron chi connectivity index (χ0n) is 25.8. The summed E-state index contributed by atoms with van der Waals surface area (Å²) in [6.45, 7) is 10.1. The van der Waals surface area contributed by atoms with Crippen molar-refractivity contribution in [1.82, 2.24) is 5.32 Å². The van der Waals surface area contributed by atoms with E-state index in [0.29, 0.717) is 0 Å². The minimum absolute atomic E-state index is 0.149. The Labute approximate surface area is 252 Å². The molecule has 0 aliphatic carbocycles. The van der Waals surface area contributed by atoms with Crippen molar-refractivity contribution in [2.24, 2.45) is 0 Å². The first-order valence-electron chi connectivity index (χ1n) is 14.5. The van der Waals surface area contributed by atoms with Crippen LogP contribution in [0.5, 0.6) is 11.5 Å². The van der Waals surface area contributed by atoms with Crippen LogP contribution in [0.3, 0.4) is 0 Å². The lowest BCUT2D eigenvalue weighted by atomic mass is 9.99. The summed E-state index contributed by atoms with van der Waals surface area (Å²) in [5, 5.41) is 12.0. The van der Waals surface area contributed by atoms with E-state index < -0.39 is 17.7 Å². The molecule has 1 N–H and O–H groups in total. The molecule has 0 radical (unpaired) electrons. The van der Waals surface area contributed by atoms with Crippen molar-refractivity contribution in [3.8, 4) is 11.5 Å². The van der Waals surface area contributed by atoms with Crippen molar-refractivity contribution in [2.45, 2.75) is 77.1 Å². The first kappa shape index (κ1) is 35.7. The summed E-state index contributed by atoms with van der Waals surface area (Å²) >= 11 is 0. The monoisotopic (exact) mass is 610 g/mol. The molecule has 1 saturated heterocycles. The minimum atomic E-state index is -5.19. The van der Waals surface area contributed by atoms with Crippen molar-refractivity contribution in [1.29, 1.82) is 0 Å². The van der Waals surface area contributed by atoms with Crippen LogP contribution in [0.15, 0.2) is 48.5 Å². The maximum atomic E-state index is 12.5. The number of methoxy groups -OCH3 is 2. The molecule has 43 heavy (non-hydrogen) atoms. The zero-order chi connectivity index (χ0) is 32.1. The van der Waals surface area contributed by atoms with E-state index in [4.69, 9.17) is 24.1 Å². The second kappa shape index (κ2) is 16.4. The number of carboxylic acids is 1. The van der Waals surface area contributed by atoms with Crippen molar-refractivity contribution in [2.75, 3.05) is 40.4 Å². The van der Waals surface area contributed by atoms with Crippen LogP contribution in [-0.4, -0.2) is 74.8 Å². The van der Waals surface area contributed by atoms with Crippen LogP contribution >= 0.6 is 0 Å². The summed E-state index contributed by atoms with van der Waals surface area (Å²) in [5.41, 5.74) is 2.20. The fraction of sp³-hybridized carbons (Fsp3) is 0.562. The molecule has 0 bridgehead atoms. The highest BCUT2D eigenvalue weighted by Crippen LogP contribution is 2.24. The van der Waals surface area contributed by atoms with Crippen LogP contribution in [0.1, 0.15) is 57.6 Å². The first-order valence-corrected chi connectivity index (χ1v) is 14.5. The van der Waals surface area contributed by atoms with Gasteiger partial charge in [0.25, 0.3) is 0 Å². The molecule has 1 fully saturated rings. The molecule has 1 atom stereocenters. The molecule has 1 amide bonds. The Morgan fingerprint density at radius 2 is 1.33 bits per heavy atom. The Balaban J connectivity index is 0.000000821. The first-order chi connectivity index (χ1) is 20.1. The van der Waals surface area contributed by atoms with Gasteiger partial charge in [-0.05, 0) is 81.8 Å². The fourth-order valence-electron chi connectivity index (χ4n) is 5.25. The number of rotatable bonds is 11. The molecular formula is C32H45F3N2O6. The molecule has 1 aliphatic rings. The van der Waals surface area contributed by atoms with E-state index in [1.165, 1.54) is 11.1 Å². The van der Waals surface area contributed by atoms with Gasteiger partial charge in [-0.3, -0.25) is 0 Å². The van der Waals surface area contributed by atoms with Crippen LogP contribution in [0.2, 0.25) is 0 Å². The molecule has 3 rings (SSSR count). The molecule has 8 nitrogen and oxygen atoms in total. The van der Waals surface area contributed by atoms with Gasteiger partial charge in [-0.2, -0.15) is 13.2 Å². The summed E-state index contributed by atoms with van der Waals surface area (Å²) in [6.07, 6.45) is 0.965. The molecule has 2 aromatic carbocycles. The Bertz CT molecular complexity index is 1080. The summed E-state index contributed by atoms with van der Waals surface area (Å²) in [7, 11) is 3.40. The zero-order valence-corrected chi connectivity index (χ0v) is 25.8. The third-order valence-electron chi connectivity index (χ3n) is 7.26. The van der Waals surface area contributed by atoms with Gasteiger partial charge in [0.15, 0.2) is 0 Å². The molecule has 1 heterocycles. The highest BCUT2D eigenvalue weighted by atomic mass is 19.4. The number of carboxylic acid groups (broad SMARTS) is 1. The Hall–Kier alpha value is -3.47. The van der Waals surface area contributed by atoms with Gasteiger partial charge in [-0.25, -0.2) is 4.79 Å². The Morgan fingerprint density at radius 1 is 0.884 bits per heavy atom. The highest BCUT2D eigenvalue weighted by Gasteiger charge is 2.35. The molecule has 0 spiro atoms. The molecule has 0 aromatic heterocycles. The number of nitrogens with zero attached hydrogens (tertiary/aromatic N) is 1. The number of ether oxygens (including phenoxy) is 3. The van der Waals surface area contributed by atoms with Crippen molar-refractivity contribution in [3.63, 3.8) is 0 Å². The number of nitrogens with one attached hydrogen (secondary N) is 1. The number of carbonyl (C=O) groups is 2. The number of likely N-dealkylation sites (tertiary alicyclic amines) is 1. The van der Waals surface area contributed by atoms with Gasteiger partial charge in [-0.1, -0.05) is 24.3 Å². The molecule has 0 saturated carbocycles. The SMILES string of the molecule is COc1ccc(CCC[N+]2(CCCc3ccc(OC)cc3)CCCC(NC(=O)OC(C)(C)C)C2)cc1.O=C([O-])C(F)(F)F. The maximum absolute atomic E-state index is 12.5. The number of alkyl carbamates (subject to hydrolysis) is 1. The summed E-state index contributed by atoms with van der Waals surface area (Å²) in [5.74, 6) is -1.21. The standard InChI is InChI=1S/C30H44N2O4.C2HF3O2/c1-30(2,3)36-29(33)31-26-11-8-22-32(23-26,20-6-9-24-12-16-27(34-4)17-13-24)21-7-10-25-14-18-28(35-5)19-15-25;3-2(4,5)1(6)7/h12-19,26H,6-11,20-23H2,1-5H3;(H,6,7). The third kappa shape index (κ3) is 13.6. The predicted octanol–water partition coefficient (Wildman–Crippen LogP) is 5.07. The van der Waals surface area contributed by atoms with E-state index in [0.717, 1.165) is 80.7 Å². The second-order valence-corrected chi connectivity index (χ2v) is 11.9. The van der Waals surface area contributed by atoms with Gasteiger partial charge >= 0.3 is 12.3 Å². The van der Waals surface area contributed by atoms with Crippen molar-refractivity contribution < 1.29 is 46.6 Å². The number of halogens is 3. The number of benzene rings is 2. The van der Waals surface area contributed by atoms with E-state index in [-0.39, 0.29) is 12.1 Å². The minimum Gasteiger partial charge on any atom is -0.542 e. The average Bonchev–Trinajstić information content (AvgIpc) is 2.93. The lowest BCUT2D eigenvalue weighted by molar-refractivity contribution is -0.933. The quantitative estimate of drug-likeness (QED) is 0.357. The van der Waals surface area contributed by atoms with E-state index in [1.54, 1.807) is 14.2 Å². The fourth-order valence-corrected chi connectivity index (χ4v) is 5.25. The van der Waals surface area contributed by atoms with Gasteiger partial charge in [-0.15, -0.1) is 0 Å². The molecule has 240 valence electrons. The highest BCUT2D eigenvalue weighted by molar-refractivity contribution is 5.70. The molecule has 1 unspecified atom stereocenters. The normalized spacial score (nSPS) is 16.3. The van der Waals surface area contributed by atoms with E-state index >= 15 is 0 Å². The van der Waals surface area contributed by atoms with Gasteiger partial charge < -0.3 is 33.9 Å². The third-order valence-corrected chi connectivity index (χ3v) is 7.26. The van der Waals surface area contributed by atoms with E-state index in [9.17, 15) is 18.0 Å². The molecule has 2 aromatic rings. The van der Waals surface area contributed by atoms with Crippen LogP contribution in [0.25, 0.3) is 0 Å². The van der Waals surface area contributed by atoms with E-state index in [1.807, 2.05) is 45.0 Å². The van der Waals surface area contributed by atoms with Gasteiger partial charge in [0.1, 0.15) is 23.1 Å². The topological polar surface area (TPSA) is 96.9 Å². The van der Waals surface area contributed by atoms with Gasteiger partial charge in [0.05, 0.1) is 46.4 Å². The van der Waals surface area contributed by atoms with Crippen molar-refractivity contribution >= 4 is 12.1 Å². The molecular weight excluding hydrogens is 565 g/mol. The smallest absolute Gasteiger partial charge is 0.430 e. The van der Waals surface area contributed by atoms with Crippen LogP contribution < -0.4 is 19.9 Å². The number of alkyl halides is 3. The lowest BCUT2D eigenvalue weighted by Crippen LogP contribution is -2.60. The number of carbonyl (C=O) groups excluding carboxylic acids is 2. The van der Waals surface area contributed by atoms with Gasteiger partial charge in [0.2, 0.25) is 0 Å². The summed E-state index contributed by atoms with van der Waals surface area (Å²) < 4.78 is 48.7. The number of piperidine rings is 1.